The van der Waals surface area contributed by atoms with Gasteiger partial charge in [0.25, 0.3) is 5.91 Å². The smallest absolute Gasteiger partial charge is 0.252 e. The molecule has 0 spiro atoms. The topological polar surface area (TPSA) is 121 Å². The summed E-state index contributed by atoms with van der Waals surface area (Å²) in [4.78, 5) is 25.1. The van der Waals surface area contributed by atoms with Crippen molar-refractivity contribution in [3.8, 4) is 17.3 Å². The van der Waals surface area contributed by atoms with Crippen LogP contribution in [-0.2, 0) is 6.54 Å². The van der Waals surface area contributed by atoms with Gasteiger partial charge < -0.3 is 15.8 Å². The molecule has 5 rings (SSSR count). The lowest BCUT2D eigenvalue weighted by molar-refractivity contribution is 0.100. The normalized spacial score (nSPS) is 14.5. The summed E-state index contributed by atoms with van der Waals surface area (Å²) in [6.07, 6.45) is 12.3. The zero-order chi connectivity index (χ0) is 24.2. The van der Waals surface area contributed by atoms with Crippen molar-refractivity contribution in [3.05, 3.63) is 54.5 Å². The van der Waals surface area contributed by atoms with Gasteiger partial charge in [0.2, 0.25) is 0 Å². The van der Waals surface area contributed by atoms with Gasteiger partial charge in [-0.15, -0.1) is 0 Å². The fourth-order valence-corrected chi connectivity index (χ4v) is 4.77. The van der Waals surface area contributed by atoms with E-state index in [9.17, 15) is 4.79 Å². The van der Waals surface area contributed by atoms with Crippen LogP contribution in [-0.4, -0.2) is 37.7 Å². The molecule has 3 aromatic heterocycles. The number of nitrogens with two attached hydrogens (primary N) is 1. The van der Waals surface area contributed by atoms with Crippen molar-refractivity contribution in [2.45, 2.75) is 45.1 Å². The molecule has 1 aliphatic rings. The van der Waals surface area contributed by atoms with Crippen LogP contribution >= 0.6 is 0 Å². The first kappa shape index (κ1) is 22.8. The second kappa shape index (κ2) is 10.1. The number of benzene rings is 1. The van der Waals surface area contributed by atoms with E-state index in [1.165, 1.54) is 44.7 Å². The molecule has 3 N–H and O–H groups in total. The number of ether oxygens (including phenoxy) is 1. The van der Waals surface area contributed by atoms with Crippen LogP contribution in [0.25, 0.3) is 22.4 Å². The summed E-state index contributed by atoms with van der Waals surface area (Å²) >= 11 is 0. The van der Waals surface area contributed by atoms with E-state index in [2.05, 4.69) is 32.1 Å². The SMILES string of the molecule is COc1cnc(-c2nn(CC3CCCCCC3)c3ccccc23)nc1Nc1ccncc1C(N)=O. The van der Waals surface area contributed by atoms with Crippen LogP contribution in [0, 0.1) is 5.92 Å². The second-order valence-electron chi connectivity index (χ2n) is 8.93. The predicted molar refractivity (Wildman–Crippen MR) is 135 cm³/mol. The van der Waals surface area contributed by atoms with Crippen molar-refractivity contribution in [1.29, 1.82) is 0 Å². The highest BCUT2D eigenvalue weighted by molar-refractivity contribution is 5.99. The van der Waals surface area contributed by atoms with E-state index in [1.807, 2.05) is 12.1 Å². The Bertz CT molecular complexity index is 1340. The van der Waals surface area contributed by atoms with Gasteiger partial charge in [-0.25, -0.2) is 9.97 Å². The number of rotatable bonds is 7. The van der Waals surface area contributed by atoms with E-state index in [-0.39, 0.29) is 5.56 Å². The number of carbonyl (C=O) groups excluding carboxylic acids is 1. The largest absolute Gasteiger partial charge is 0.491 e. The molecule has 3 heterocycles. The van der Waals surface area contributed by atoms with Crippen molar-refractivity contribution in [2.75, 3.05) is 12.4 Å². The highest BCUT2D eigenvalue weighted by Gasteiger charge is 2.20. The van der Waals surface area contributed by atoms with Gasteiger partial charge in [0.05, 0.1) is 30.1 Å². The van der Waals surface area contributed by atoms with Crippen LogP contribution in [0.4, 0.5) is 11.5 Å². The molecule has 35 heavy (non-hydrogen) atoms. The van der Waals surface area contributed by atoms with Crippen molar-refractivity contribution in [2.24, 2.45) is 11.7 Å². The van der Waals surface area contributed by atoms with Gasteiger partial charge in [-0.2, -0.15) is 5.10 Å². The second-order valence-corrected chi connectivity index (χ2v) is 8.93. The number of hydrogen-bond donors (Lipinski definition) is 2. The molecule has 9 nitrogen and oxygen atoms in total. The maximum absolute atomic E-state index is 11.9. The van der Waals surface area contributed by atoms with Crippen LogP contribution in [0.5, 0.6) is 5.75 Å². The van der Waals surface area contributed by atoms with Crippen LogP contribution < -0.4 is 15.8 Å². The number of hydrogen-bond acceptors (Lipinski definition) is 7. The van der Waals surface area contributed by atoms with E-state index >= 15 is 0 Å². The molecule has 0 saturated heterocycles. The Balaban J connectivity index is 1.53. The Morgan fingerprint density at radius 2 is 1.94 bits per heavy atom. The number of para-hydroxylation sites is 1. The minimum absolute atomic E-state index is 0.257. The standard InChI is InChI=1S/C26H29N7O2/c1-35-22-15-29-26(31-25(22)30-20-12-13-28-14-19(20)24(27)34)23-18-10-6-7-11-21(18)33(32-23)16-17-8-4-2-3-5-9-17/h6-7,10-15,17H,2-5,8-9,16H2,1H3,(H2,27,34)(H,28,29,30,31). The van der Waals surface area contributed by atoms with Gasteiger partial charge in [0, 0.05) is 24.3 Å². The van der Waals surface area contributed by atoms with Gasteiger partial charge in [-0.05, 0) is 30.9 Å². The number of anilines is 2. The zero-order valence-corrected chi connectivity index (χ0v) is 19.8. The number of pyridine rings is 1. The molecular weight excluding hydrogens is 442 g/mol. The van der Waals surface area contributed by atoms with Crippen LogP contribution in [0.3, 0.4) is 0 Å². The molecule has 0 aliphatic heterocycles. The molecule has 180 valence electrons. The summed E-state index contributed by atoms with van der Waals surface area (Å²) in [5, 5.41) is 9.13. The van der Waals surface area contributed by atoms with E-state index in [1.54, 1.807) is 25.6 Å². The Labute approximate surface area is 203 Å². The van der Waals surface area contributed by atoms with Crippen LogP contribution in [0.1, 0.15) is 48.9 Å². The van der Waals surface area contributed by atoms with Gasteiger partial charge in [0.15, 0.2) is 17.4 Å². The molecule has 0 radical (unpaired) electrons. The number of primary amides is 1. The first-order valence-electron chi connectivity index (χ1n) is 12.0. The predicted octanol–water partition coefficient (Wildman–Crippen LogP) is 4.71. The third-order valence-electron chi connectivity index (χ3n) is 6.59. The number of nitrogens with one attached hydrogen (secondary N) is 1. The Kier molecular flexibility index (Phi) is 6.56. The number of methoxy groups -OCH3 is 1. The highest BCUT2D eigenvalue weighted by atomic mass is 16.5. The van der Waals surface area contributed by atoms with E-state index in [0.717, 1.165) is 17.4 Å². The summed E-state index contributed by atoms with van der Waals surface area (Å²) in [5.74, 6) is 1.36. The maximum Gasteiger partial charge on any atom is 0.252 e. The highest BCUT2D eigenvalue weighted by Crippen LogP contribution is 2.32. The van der Waals surface area contributed by atoms with Crippen LogP contribution in [0.15, 0.2) is 48.9 Å². The summed E-state index contributed by atoms with van der Waals surface area (Å²) in [6, 6.07) is 9.85. The molecule has 1 fully saturated rings. The average molecular weight is 472 g/mol. The zero-order valence-electron chi connectivity index (χ0n) is 19.8. The van der Waals surface area contributed by atoms with Crippen molar-refractivity contribution in [3.63, 3.8) is 0 Å². The van der Waals surface area contributed by atoms with Crippen molar-refractivity contribution in [1.82, 2.24) is 24.7 Å². The molecule has 1 aliphatic carbocycles. The average Bonchev–Trinajstić information content (AvgIpc) is 3.04. The van der Waals surface area contributed by atoms with E-state index in [0.29, 0.717) is 34.7 Å². The Morgan fingerprint density at radius 3 is 2.71 bits per heavy atom. The number of aromatic nitrogens is 5. The Morgan fingerprint density at radius 1 is 1.14 bits per heavy atom. The Hall–Kier alpha value is -4.01. The van der Waals surface area contributed by atoms with Gasteiger partial charge in [-0.3, -0.25) is 14.5 Å². The number of fused-ring (bicyclic) bond motifs is 1. The summed E-state index contributed by atoms with van der Waals surface area (Å²) < 4.78 is 7.58. The molecule has 1 aromatic carbocycles. The first-order valence-corrected chi connectivity index (χ1v) is 12.0. The maximum atomic E-state index is 11.9. The van der Waals surface area contributed by atoms with E-state index in [4.69, 9.17) is 20.6 Å². The quantitative estimate of drug-likeness (QED) is 0.374. The molecule has 0 atom stereocenters. The summed E-state index contributed by atoms with van der Waals surface area (Å²) in [7, 11) is 1.54. The molecular formula is C26H29N7O2. The van der Waals surface area contributed by atoms with Crippen molar-refractivity contribution < 1.29 is 9.53 Å². The number of nitrogens with zero attached hydrogens (tertiary/aromatic N) is 5. The molecule has 1 amide bonds. The minimum Gasteiger partial charge on any atom is -0.491 e. The third kappa shape index (κ3) is 4.80. The molecule has 4 aromatic rings. The molecule has 9 heteroatoms. The molecule has 1 saturated carbocycles. The summed E-state index contributed by atoms with van der Waals surface area (Å²) in [5.41, 5.74) is 8.05. The van der Waals surface area contributed by atoms with Gasteiger partial charge in [-0.1, -0.05) is 43.9 Å². The molecule has 0 bridgehead atoms. The third-order valence-corrected chi connectivity index (χ3v) is 6.59. The fraction of sp³-hybridized carbons (Fsp3) is 0.346. The number of carbonyl (C=O) groups is 1. The van der Waals surface area contributed by atoms with Gasteiger partial charge in [0.1, 0.15) is 5.69 Å². The number of amides is 1. The first-order chi connectivity index (χ1) is 17.1. The fourth-order valence-electron chi connectivity index (χ4n) is 4.77. The van der Waals surface area contributed by atoms with E-state index < -0.39 is 5.91 Å². The van der Waals surface area contributed by atoms with Crippen LogP contribution in [0.2, 0.25) is 0 Å². The monoisotopic (exact) mass is 471 g/mol. The summed E-state index contributed by atoms with van der Waals surface area (Å²) in [6.45, 7) is 0.890. The van der Waals surface area contributed by atoms with Gasteiger partial charge >= 0.3 is 0 Å². The lowest BCUT2D eigenvalue weighted by atomic mass is 10.0. The lowest BCUT2D eigenvalue weighted by Gasteiger charge is -2.14. The van der Waals surface area contributed by atoms with Crippen molar-refractivity contribution >= 4 is 28.3 Å². The molecule has 0 unspecified atom stereocenters. The lowest BCUT2D eigenvalue weighted by Crippen LogP contribution is -2.14. The minimum atomic E-state index is -0.586.